The number of hydrogen-bond acceptors (Lipinski definition) is 5. The molecule has 0 radical (unpaired) electrons. The lowest BCUT2D eigenvalue weighted by Gasteiger charge is -2.41. The Morgan fingerprint density at radius 2 is 1.68 bits per heavy atom. The van der Waals surface area contributed by atoms with Gasteiger partial charge in [0.1, 0.15) is 11.8 Å². The third-order valence-corrected chi connectivity index (χ3v) is 6.83. The average molecular weight is 466 g/mol. The number of rotatable bonds is 8. The molecule has 4 rings (SSSR count). The summed E-state index contributed by atoms with van der Waals surface area (Å²) in [5.74, 6) is 1.36. The largest absolute Gasteiger partial charge is 0.492 e. The molecule has 34 heavy (non-hydrogen) atoms. The summed E-state index contributed by atoms with van der Waals surface area (Å²) in [5.41, 5.74) is 1.75. The summed E-state index contributed by atoms with van der Waals surface area (Å²) in [5, 5.41) is 3.15. The highest BCUT2D eigenvalue weighted by atomic mass is 16.5. The van der Waals surface area contributed by atoms with Gasteiger partial charge in [0.2, 0.25) is 5.91 Å². The fraction of sp³-hybridized carbons (Fsp3) is 0.536. The monoisotopic (exact) mass is 465 g/mol. The van der Waals surface area contributed by atoms with Crippen LogP contribution < -0.4 is 10.1 Å². The van der Waals surface area contributed by atoms with E-state index in [0.717, 1.165) is 56.8 Å². The third-order valence-electron chi connectivity index (χ3n) is 6.83. The van der Waals surface area contributed by atoms with Crippen molar-refractivity contribution >= 4 is 11.6 Å². The number of amides is 1. The van der Waals surface area contributed by atoms with E-state index < -0.39 is 0 Å². The van der Waals surface area contributed by atoms with E-state index in [-0.39, 0.29) is 11.9 Å². The minimum atomic E-state index is -0.319. The van der Waals surface area contributed by atoms with Gasteiger partial charge in [-0.15, -0.1) is 0 Å². The first kappa shape index (κ1) is 24.7. The number of nitrogens with zero attached hydrogens (tertiary/aromatic N) is 2. The fourth-order valence-corrected chi connectivity index (χ4v) is 5.41. The second-order valence-electron chi connectivity index (χ2n) is 9.69. The summed E-state index contributed by atoms with van der Waals surface area (Å²) >= 11 is 0. The molecule has 0 spiro atoms. The van der Waals surface area contributed by atoms with Crippen LogP contribution in [0.25, 0.3) is 0 Å². The van der Waals surface area contributed by atoms with Gasteiger partial charge in [-0.3, -0.25) is 14.6 Å². The highest BCUT2D eigenvalue weighted by molar-refractivity contribution is 5.96. The van der Waals surface area contributed by atoms with Crippen LogP contribution in [0, 0.1) is 5.92 Å². The third kappa shape index (κ3) is 6.38. The number of ether oxygens (including phenoxy) is 2. The zero-order valence-electron chi connectivity index (χ0n) is 20.8. The maximum atomic E-state index is 13.6. The number of benzene rings is 2. The van der Waals surface area contributed by atoms with Crippen LogP contribution in [0.4, 0.5) is 5.69 Å². The molecular weight excluding hydrogens is 426 g/mol. The average Bonchev–Trinajstić information content (AvgIpc) is 2.82. The first-order chi connectivity index (χ1) is 16.5. The van der Waals surface area contributed by atoms with Crippen molar-refractivity contribution in [3.05, 3.63) is 60.2 Å². The van der Waals surface area contributed by atoms with Gasteiger partial charge in [-0.1, -0.05) is 42.5 Å². The van der Waals surface area contributed by atoms with Crippen LogP contribution in [0.5, 0.6) is 5.75 Å². The Morgan fingerprint density at radius 3 is 2.35 bits per heavy atom. The van der Waals surface area contributed by atoms with E-state index in [2.05, 4.69) is 41.1 Å². The van der Waals surface area contributed by atoms with E-state index in [9.17, 15) is 4.79 Å². The van der Waals surface area contributed by atoms with Crippen LogP contribution in [-0.2, 0) is 9.53 Å². The lowest BCUT2D eigenvalue weighted by Crippen LogP contribution is -2.49. The lowest BCUT2D eigenvalue weighted by molar-refractivity contribution is -0.122. The van der Waals surface area contributed by atoms with Crippen LogP contribution in [0.2, 0.25) is 0 Å². The first-order valence-corrected chi connectivity index (χ1v) is 12.7. The zero-order valence-corrected chi connectivity index (χ0v) is 20.8. The predicted octanol–water partition coefficient (Wildman–Crippen LogP) is 4.59. The standard InChI is InChI=1S/C28H39N3O3/c1-4-33-26-13-9-8-12-25(26)29-28(32)27(24-10-6-5-7-11-24)31-16-14-23(15-17-31)20-30-18-21(2)34-22(3)19-30/h5-13,21-23,27H,4,14-20H2,1-3H3,(H,29,32). The number of likely N-dealkylation sites (tertiary alicyclic amines) is 1. The first-order valence-electron chi connectivity index (χ1n) is 12.7. The Balaban J connectivity index is 1.43. The molecule has 1 N–H and O–H groups in total. The van der Waals surface area contributed by atoms with Gasteiger partial charge in [0.25, 0.3) is 0 Å². The van der Waals surface area contributed by atoms with Crippen molar-refractivity contribution in [3.63, 3.8) is 0 Å². The van der Waals surface area contributed by atoms with Gasteiger partial charge in [-0.05, 0) is 70.3 Å². The van der Waals surface area contributed by atoms with Gasteiger partial charge in [0.05, 0.1) is 24.5 Å². The minimum Gasteiger partial charge on any atom is -0.492 e. The van der Waals surface area contributed by atoms with Crippen LogP contribution in [0.15, 0.2) is 54.6 Å². The molecule has 0 saturated carbocycles. The minimum absolute atomic E-state index is 0.00682. The van der Waals surface area contributed by atoms with Crippen molar-refractivity contribution in [2.45, 2.75) is 51.9 Å². The van der Waals surface area contributed by atoms with Crippen molar-refractivity contribution in [3.8, 4) is 5.75 Å². The van der Waals surface area contributed by atoms with Gasteiger partial charge >= 0.3 is 0 Å². The van der Waals surface area contributed by atoms with Crippen LogP contribution >= 0.6 is 0 Å². The maximum Gasteiger partial charge on any atom is 0.246 e. The zero-order chi connectivity index (χ0) is 23.9. The molecule has 2 aromatic rings. The van der Waals surface area contributed by atoms with E-state index in [1.54, 1.807) is 0 Å². The van der Waals surface area contributed by atoms with E-state index in [4.69, 9.17) is 9.47 Å². The molecule has 2 fully saturated rings. The molecule has 2 heterocycles. The molecule has 2 saturated heterocycles. The van der Waals surface area contributed by atoms with Gasteiger partial charge < -0.3 is 14.8 Å². The topological polar surface area (TPSA) is 54.0 Å². The summed E-state index contributed by atoms with van der Waals surface area (Å²) in [6.07, 6.45) is 2.81. The molecule has 2 aliphatic rings. The maximum absolute atomic E-state index is 13.6. The van der Waals surface area contributed by atoms with E-state index in [1.807, 2.05) is 49.4 Å². The number of carbonyl (C=O) groups excluding carboxylic acids is 1. The van der Waals surface area contributed by atoms with Crippen molar-refractivity contribution in [2.24, 2.45) is 5.92 Å². The molecule has 2 aromatic carbocycles. The quantitative estimate of drug-likeness (QED) is 0.618. The number of carbonyl (C=O) groups is 1. The number of nitrogens with one attached hydrogen (secondary N) is 1. The Kier molecular flexibility index (Phi) is 8.59. The van der Waals surface area contributed by atoms with Gasteiger partial charge in [0, 0.05) is 19.6 Å². The van der Waals surface area contributed by atoms with Crippen molar-refractivity contribution < 1.29 is 14.3 Å². The van der Waals surface area contributed by atoms with Crippen LogP contribution in [0.3, 0.4) is 0 Å². The van der Waals surface area contributed by atoms with Crippen molar-refractivity contribution in [1.29, 1.82) is 0 Å². The molecule has 6 nitrogen and oxygen atoms in total. The van der Waals surface area contributed by atoms with Gasteiger partial charge in [-0.25, -0.2) is 0 Å². The molecule has 184 valence electrons. The SMILES string of the molecule is CCOc1ccccc1NC(=O)C(c1ccccc1)N1CCC(CN2CC(C)OC(C)C2)CC1. The van der Waals surface area contributed by atoms with Crippen molar-refractivity contribution in [1.82, 2.24) is 9.80 Å². The molecule has 3 atom stereocenters. The number of para-hydroxylation sites is 2. The molecule has 0 bridgehead atoms. The number of hydrogen-bond donors (Lipinski definition) is 1. The Labute approximate surface area is 204 Å². The predicted molar refractivity (Wildman–Crippen MR) is 136 cm³/mol. The summed E-state index contributed by atoms with van der Waals surface area (Å²) in [6.45, 7) is 11.8. The normalized spacial score (nSPS) is 23.4. The highest BCUT2D eigenvalue weighted by Gasteiger charge is 2.33. The number of anilines is 1. The summed E-state index contributed by atoms with van der Waals surface area (Å²) in [4.78, 5) is 18.5. The number of piperidine rings is 1. The Morgan fingerprint density at radius 1 is 1.03 bits per heavy atom. The van der Waals surface area contributed by atoms with Gasteiger partial charge in [-0.2, -0.15) is 0 Å². The molecule has 0 aromatic heterocycles. The lowest BCUT2D eigenvalue weighted by atomic mass is 9.93. The molecule has 0 aliphatic carbocycles. The van der Waals surface area contributed by atoms with E-state index >= 15 is 0 Å². The Hall–Kier alpha value is -2.41. The molecule has 6 heteroatoms. The Bertz CT molecular complexity index is 904. The second kappa shape index (κ2) is 11.8. The summed E-state index contributed by atoms with van der Waals surface area (Å²) in [7, 11) is 0. The molecular formula is C28H39N3O3. The highest BCUT2D eigenvalue weighted by Crippen LogP contribution is 2.31. The van der Waals surface area contributed by atoms with Crippen LogP contribution in [0.1, 0.15) is 45.2 Å². The van der Waals surface area contributed by atoms with Crippen LogP contribution in [-0.4, -0.2) is 67.2 Å². The molecule has 3 unspecified atom stereocenters. The van der Waals surface area contributed by atoms with Crippen molar-refractivity contribution in [2.75, 3.05) is 44.6 Å². The number of morpholine rings is 1. The summed E-state index contributed by atoms with van der Waals surface area (Å²) in [6, 6.07) is 17.5. The van der Waals surface area contributed by atoms with Gasteiger partial charge in [0.15, 0.2) is 0 Å². The second-order valence-corrected chi connectivity index (χ2v) is 9.69. The summed E-state index contributed by atoms with van der Waals surface area (Å²) < 4.78 is 11.6. The smallest absolute Gasteiger partial charge is 0.246 e. The van der Waals surface area contributed by atoms with E-state index in [0.29, 0.717) is 30.5 Å². The van der Waals surface area contributed by atoms with E-state index in [1.165, 1.54) is 0 Å². The molecule has 2 aliphatic heterocycles. The molecule has 1 amide bonds. The fourth-order valence-electron chi connectivity index (χ4n) is 5.41.